The molecule has 1 N–H and O–H groups in total. The summed E-state index contributed by atoms with van der Waals surface area (Å²) in [5.41, 5.74) is 2.50. The molecule has 0 unspecified atom stereocenters. The third-order valence-corrected chi connectivity index (χ3v) is 4.22. The average molecular weight is 381 g/mol. The van der Waals surface area contributed by atoms with Crippen LogP contribution in [0.5, 0.6) is 11.5 Å². The van der Waals surface area contributed by atoms with Gasteiger partial charge < -0.3 is 14.8 Å². The Morgan fingerprint density at radius 1 is 1.15 bits per heavy atom. The van der Waals surface area contributed by atoms with E-state index in [0.29, 0.717) is 12.4 Å². The quantitative estimate of drug-likeness (QED) is 0.642. The van der Waals surface area contributed by atoms with Crippen molar-refractivity contribution in [1.82, 2.24) is 0 Å². The van der Waals surface area contributed by atoms with Crippen molar-refractivity contribution in [2.24, 2.45) is 0 Å². The first-order valence-corrected chi connectivity index (χ1v) is 9.22. The van der Waals surface area contributed by atoms with Crippen molar-refractivity contribution in [3.63, 3.8) is 0 Å². The fourth-order valence-corrected chi connectivity index (χ4v) is 2.96. The molecule has 0 heterocycles. The van der Waals surface area contributed by atoms with E-state index in [1.165, 1.54) is 23.9 Å². The van der Waals surface area contributed by atoms with Crippen LogP contribution in [0.4, 0.5) is 14.5 Å². The lowest BCUT2D eigenvalue weighted by atomic mass is 10.1. The number of halogens is 2. The fraction of sp³-hybridized carbons (Fsp3) is 0.316. The van der Waals surface area contributed by atoms with Gasteiger partial charge in [0.2, 0.25) is 5.91 Å². The second-order valence-electron chi connectivity index (χ2n) is 5.65. The third kappa shape index (κ3) is 6.92. The van der Waals surface area contributed by atoms with Crippen LogP contribution < -0.4 is 14.8 Å². The molecule has 140 valence electrons. The molecule has 0 aliphatic carbocycles. The predicted molar refractivity (Wildman–Crippen MR) is 100 cm³/mol. The van der Waals surface area contributed by atoms with E-state index in [1.54, 1.807) is 12.1 Å². The largest absolute Gasteiger partial charge is 0.493 e. The Morgan fingerprint density at radius 3 is 2.54 bits per heavy atom. The fourth-order valence-electron chi connectivity index (χ4n) is 2.35. The standard InChI is InChI=1S/C19H21F2NO3S/c1-13-9-14(2)11-15(10-13)24-7-8-26-12-18(23)22-16-5-3-4-6-17(16)25-19(20)21/h3-6,9-11,19H,7-8,12H2,1-2H3,(H,22,23). The van der Waals surface area contributed by atoms with Crippen molar-refractivity contribution in [3.8, 4) is 11.5 Å². The molecule has 0 atom stereocenters. The summed E-state index contributed by atoms with van der Waals surface area (Å²) in [5, 5.41) is 2.58. The van der Waals surface area contributed by atoms with Crippen molar-refractivity contribution < 1.29 is 23.0 Å². The molecule has 0 aliphatic heterocycles. The maximum atomic E-state index is 12.4. The number of anilines is 1. The molecule has 26 heavy (non-hydrogen) atoms. The summed E-state index contributed by atoms with van der Waals surface area (Å²) < 4.78 is 34.8. The van der Waals surface area contributed by atoms with Crippen LogP contribution >= 0.6 is 11.8 Å². The monoisotopic (exact) mass is 381 g/mol. The number of hydrogen-bond acceptors (Lipinski definition) is 4. The third-order valence-electron chi connectivity index (χ3n) is 3.30. The van der Waals surface area contributed by atoms with E-state index in [9.17, 15) is 13.6 Å². The van der Waals surface area contributed by atoms with Crippen molar-refractivity contribution in [2.45, 2.75) is 20.5 Å². The summed E-state index contributed by atoms with van der Waals surface area (Å²) in [6.45, 7) is 1.56. The molecule has 7 heteroatoms. The van der Waals surface area contributed by atoms with Gasteiger partial charge in [-0.15, -0.1) is 11.8 Å². The van der Waals surface area contributed by atoms with E-state index in [4.69, 9.17) is 4.74 Å². The number of hydrogen-bond donors (Lipinski definition) is 1. The van der Waals surface area contributed by atoms with Gasteiger partial charge in [-0.25, -0.2) is 0 Å². The van der Waals surface area contributed by atoms with Crippen LogP contribution in [0.3, 0.4) is 0 Å². The van der Waals surface area contributed by atoms with Crippen LogP contribution in [0.25, 0.3) is 0 Å². The van der Waals surface area contributed by atoms with Gasteiger partial charge >= 0.3 is 6.61 Å². The van der Waals surface area contributed by atoms with E-state index in [-0.39, 0.29) is 23.1 Å². The van der Waals surface area contributed by atoms with Crippen LogP contribution in [-0.4, -0.2) is 30.6 Å². The number of rotatable bonds is 9. The Morgan fingerprint density at radius 2 is 1.85 bits per heavy atom. The second kappa shape index (κ2) is 10.0. The molecular formula is C19H21F2NO3S. The van der Waals surface area contributed by atoms with Gasteiger partial charge in [-0.2, -0.15) is 8.78 Å². The second-order valence-corrected chi connectivity index (χ2v) is 6.75. The predicted octanol–water partition coefficient (Wildman–Crippen LogP) is 4.66. The minimum Gasteiger partial charge on any atom is -0.493 e. The average Bonchev–Trinajstić information content (AvgIpc) is 2.55. The van der Waals surface area contributed by atoms with Gasteiger partial charge in [0, 0.05) is 5.75 Å². The maximum Gasteiger partial charge on any atom is 0.387 e. The molecule has 0 fully saturated rings. The lowest BCUT2D eigenvalue weighted by Gasteiger charge is -2.11. The van der Waals surface area contributed by atoms with Gasteiger partial charge in [0.05, 0.1) is 18.0 Å². The maximum absolute atomic E-state index is 12.4. The molecule has 0 aromatic heterocycles. The van der Waals surface area contributed by atoms with Crippen LogP contribution in [0.2, 0.25) is 0 Å². The molecule has 0 bridgehead atoms. The Kier molecular flexibility index (Phi) is 7.72. The summed E-state index contributed by atoms with van der Waals surface area (Å²) in [5.74, 6) is 1.30. The molecular weight excluding hydrogens is 360 g/mol. The normalized spacial score (nSPS) is 10.7. The number of aryl methyl sites for hydroxylation is 2. The Hall–Kier alpha value is -2.28. The van der Waals surface area contributed by atoms with Gasteiger partial charge in [-0.1, -0.05) is 18.2 Å². The number of nitrogens with one attached hydrogen (secondary N) is 1. The molecule has 0 saturated carbocycles. The summed E-state index contributed by atoms with van der Waals surface area (Å²) in [4.78, 5) is 12.0. The highest BCUT2D eigenvalue weighted by molar-refractivity contribution is 7.99. The lowest BCUT2D eigenvalue weighted by molar-refractivity contribution is -0.113. The molecule has 2 rings (SSSR count). The number of alkyl halides is 2. The minimum atomic E-state index is -2.94. The number of carbonyl (C=O) groups is 1. The van der Waals surface area contributed by atoms with Gasteiger partial charge in [0.25, 0.3) is 0 Å². The van der Waals surface area contributed by atoms with E-state index < -0.39 is 6.61 Å². The smallest absolute Gasteiger partial charge is 0.387 e. The van der Waals surface area contributed by atoms with Crippen LogP contribution in [0, 0.1) is 13.8 Å². The van der Waals surface area contributed by atoms with Gasteiger partial charge in [0.1, 0.15) is 11.5 Å². The first kappa shape index (κ1) is 20.0. The number of para-hydroxylation sites is 2. The molecule has 4 nitrogen and oxygen atoms in total. The van der Waals surface area contributed by atoms with Crippen LogP contribution in [0.1, 0.15) is 11.1 Å². The summed E-state index contributed by atoms with van der Waals surface area (Å²) >= 11 is 1.40. The topological polar surface area (TPSA) is 47.6 Å². The van der Waals surface area contributed by atoms with Gasteiger partial charge in [-0.3, -0.25) is 4.79 Å². The van der Waals surface area contributed by atoms with E-state index in [2.05, 4.69) is 16.1 Å². The van der Waals surface area contributed by atoms with E-state index in [0.717, 1.165) is 16.9 Å². The number of thioether (sulfide) groups is 1. The first-order chi connectivity index (χ1) is 12.4. The SMILES string of the molecule is Cc1cc(C)cc(OCCSCC(=O)Nc2ccccc2OC(F)F)c1. The molecule has 2 aromatic carbocycles. The van der Waals surface area contributed by atoms with Crippen molar-refractivity contribution in [3.05, 3.63) is 53.6 Å². The summed E-state index contributed by atoms with van der Waals surface area (Å²) in [6, 6.07) is 12.1. The van der Waals surface area contributed by atoms with Gasteiger partial charge in [0.15, 0.2) is 0 Å². The highest BCUT2D eigenvalue weighted by Crippen LogP contribution is 2.25. The zero-order valence-electron chi connectivity index (χ0n) is 14.6. The molecule has 0 aliphatic rings. The Labute approximate surface area is 155 Å². The molecule has 0 saturated heterocycles. The molecule has 0 spiro atoms. The van der Waals surface area contributed by atoms with Crippen molar-refractivity contribution >= 4 is 23.4 Å². The lowest BCUT2D eigenvalue weighted by Crippen LogP contribution is -2.16. The Bertz CT molecular complexity index is 720. The Balaban J connectivity index is 1.72. The zero-order valence-corrected chi connectivity index (χ0v) is 15.4. The van der Waals surface area contributed by atoms with Crippen molar-refractivity contribution in [2.75, 3.05) is 23.4 Å². The number of ether oxygens (including phenoxy) is 2. The summed E-state index contributed by atoms with van der Waals surface area (Å²) in [7, 11) is 0. The number of benzene rings is 2. The first-order valence-electron chi connectivity index (χ1n) is 8.06. The molecule has 2 aromatic rings. The highest BCUT2D eigenvalue weighted by atomic mass is 32.2. The van der Waals surface area contributed by atoms with Crippen LogP contribution in [0.15, 0.2) is 42.5 Å². The molecule has 1 amide bonds. The van der Waals surface area contributed by atoms with Gasteiger partial charge in [-0.05, 0) is 49.2 Å². The van der Waals surface area contributed by atoms with Crippen molar-refractivity contribution in [1.29, 1.82) is 0 Å². The summed E-state index contributed by atoms with van der Waals surface area (Å²) in [6.07, 6.45) is 0. The highest BCUT2D eigenvalue weighted by Gasteiger charge is 2.11. The number of amides is 1. The molecule has 0 radical (unpaired) electrons. The van der Waals surface area contributed by atoms with Crippen LogP contribution in [-0.2, 0) is 4.79 Å². The van der Waals surface area contributed by atoms with E-state index >= 15 is 0 Å². The zero-order chi connectivity index (χ0) is 18.9. The van der Waals surface area contributed by atoms with E-state index in [1.807, 2.05) is 26.0 Å². The minimum absolute atomic E-state index is 0.0565. The number of carbonyl (C=O) groups excluding carboxylic acids is 1.